The molecule has 2 heterocycles. The smallest absolute Gasteiger partial charge is 0.327 e. The highest BCUT2D eigenvalue weighted by molar-refractivity contribution is 5.80. The van der Waals surface area contributed by atoms with Gasteiger partial charge in [-0.05, 0) is 65.6 Å². The van der Waals surface area contributed by atoms with Crippen molar-refractivity contribution < 1.29 is 44.3 Å². The van der Waals surface area contributed by atoms with Gasteiger partial charge in [-0.1, -0.05) is 12.0 Å². The number of halogens is 9. The van der Waals surface area contributed by atoms with Crippen LogP contribution in [0.2, 0.25) is 0 Å². The van der Waals surface area contributed by atoms with Gasteiger partial charge >= 0.3 is 18.5 Å². The minimum atomic E-state index is -5.11. The number of tetrazole rings is 1. The fourth-order valence-corrected chi connectivity index (χ4v) is 4.75. The Morgan fingerprint density at radius 3 is 2.00 bits per heavy atom. The van der Waals surface area contributed by atoms with Crippen LogP contribution in [0.5, 0.6) is 0 Å². The quantitative estimate of drug-likeness (QED) is 0.258. The van der Waals surface area contributed by atoms with E-state index in [2.05, 4.69) is 15.4 Å². The van der Waals surface area contributed by atoms with Crippen LogP contribution in [-0.2, 0) is 36.9 Å². The maximum absolute atomic E-state index is 13.6. The molecule has 1 aliphatic heterocycles. The molecule has 0 aliphatic carbocycles. The minimum absolute atomic E-state index is 0.0188. The second-order valence-electron chi connectivity index (χ2n) is 9.22. The third-order valence-electron chi connectivity index (χ3n) is 6.60. The van der Waals surface area contributed by atoms with Crippen molar-refractivity contribution in [1.29, 1.82) is 0 Å². The number of alkyl halides is 9. The summed E-state index contributed by atoms with van der Waals surface area (Å²) in [4.78, 5) is 15.4. The first-order valence-electron chi connectivity index (χ1n) is 11.8. The molecule has 216 valence electrons. The lowest BCUT2D eigenvalue weighted by Gasteiger charge is -2.43. The molecule has 16 heteroatoms. The van der Waals surface area contributed by atoms with E-state index in [4.69, 9.17) is 0 Å². The van der Waals surface area contributed by atoms with E-state index in [0.717, 1.165) is 23.0 Å². The van der Waals surface area contributed by atoms with E-state index in [9.17, 15) is 44.3 Å². The van der Waals surface area contributed by atoms with E-state index in [1.54, 1.807) is 6.92 Å². The molecule has 1 aliphatic rings. The van der Waals surface area contributed by atoms with Crippen molar-refractivity contribution in [1.82, 2.24) is 20.2 Å². The number of hydrogen-bond acceptors (Lipinski definition) is 5. The van der Waals surface area contributed by atoms with Gasteiger partial charge < -0.3 is 9.80 Å². The Hall–Kier alpha value is -3.85. The van der Waals surface area contributed by atoms with E-state index >= 15 is 0 Å². The van der Waals surface area contributed by atoms with Crippen molar-refractivity contribution in [3.05, 3.63) is 64.2 Å². The van der Waals surface area contributed by atoms with E-state index in [-0.39, 0.29) is 29.7 Å². The number of benzene rings is 2. The van der Waals surface area contributed by atoms with Gasteiger partial charge in [-0.15, -0.1) is 5.10 Å². The molecule has 0 radical (unpaired) electrons. The maximum atomic E-state index is 13.6. The monoisotopic (exact) mass is 580 g/mol. The predicted molar refractivity (Wildman–Crippen MR) is 123 cm³/mol. The summed E-state index contributed by atoms with van der Waals surface area (Å²) in [5.41, 5.74) is -4.50. The molecule has 0 N–H and O–H groups in total. The molecule has 2 atom stereocenters. The van der Waals surface area contributed by atoms with Gasteiger partial charge in [0.25, 0.3) is 5.95 Å². The van der Waals surface area contributed by atoms with Crippen LogP contribution < -0.4 is 9.80 Å². The highest BCUT2D eigenvalue weighted by Gasteiger charge is 2.41. The SMILES string of the molecule is CC[C@@H]1C[C@H](N(Cc2cc(C(F)(F)F)cc(C(F)(F)F)c2)c2nnn(C)n2)c2cc(C(F)(F)F)ccc2N1C=O. The third-order valence-corrected chi connectivity index (χ3v) is 6.60. The fraction of sp³-hybridized carbons (Fsp3) is 0.417. The summed E-state index contributed by atoms with van der Waals surface area (Å²) in [7, 11) is 1.36. The largest absolute Gasteiger partial charge is 0.416 e. The summed E-state index contributed by atoms with van der Waals surface area (Å²) in [5.74, 6) is -0.240. The van der Waals surface area contributed by atoms with Crippen molar-refractivity contribution in [2.24, 2.45) is 7.05 Å². The van der Waals surface area contributed by atoms with E-state index in [1.165, 1.54) is 16.8 Å². The summed E-state index contributed by atoms with van der Waals surface area (Å²) in [6, 6.07) is 2.11. The van der Waals surface area contributed by atoms with Crippen LogP contribution in [0.25, 0.3) is 0 Å². The number of nitrogens with zero attached hydrogens (tertiary/aromatic N) is 6. The second kappa shape index (κ2) is 10.3. The van der Waals surface area contributed by atoms with Gasteiger partial charge in [0.2, 0.25) is 6.41 Å². The molecule has 40 heavy (non-hydrogen) atoms. The number of anilines is 2. The zero-order valence-electron chi connectivity index (χ0n) is 20.8. The van der Waals surface area contributed by atoms with Gasteiger partial charge in [-0.3, -0.25) is 4.79 Å². The zero-order valence-corrected chi connectivity index (χ0v) is 20.8. The number of amides is 1. The van der Waals surface area contributed by atoms with Crippen molar-refractivity contribution in [3.63, 3.8) is 0 Å². The average Bonchev–Trinajstić information content (AvgIpc) is 3.30. The summed E-state index contributed by atoms with van der Waals surface area (Å²) < 4.78 is 122. The first-order valence-corrected chi connectivity index (χ1v) is 11.8. The van der Waals surface area contributed by atoms with Crippen molar-refractivity contribution >= 4 is 18.0 Å². The van der Waals surface area contributed by atoms with Crippen molar-refractivity contribution in [2.75, 3.05) is 9.80 Å². The Bertz CT molecular complexity index is 1350. The first-order chi connectivity index (χ1) is 18.5. The molecule has 1 aromatic heterocycles. The highest BCUT2D eigenvalue weighted by atomic mass is 19.4. The summed E-state index contributed by atoms with van der Waals surface area (Å²) in [6.45, 7) is 1.08. The maximum Gasteiger partial charge on any atom is 0.416 e. The van der Waals surface area contributed by atoms with Crippen LogP contribution in [0, 0.1) is 0 Å². The van der Waals surface area contributed by atoms with Gasteiger partial charge in [0.15, 0.2) is 0 Å². The molecular weight excluding hydrogens is 559 g/mol. The third kappa shape index (κ3) is 5.84. The van der Waals surface area contributed by atoms with Crippen molar-refractivity contribution in [3.8, 4) is 0 Å². The summed E-state index contributed by atoms with van der Waals surface area (Å²) in [5, 5.41) is 11.5. The molecule has 0 spiro atoms. The lowest BCUT2D eigenvalue weighted by molar-refractivity contribution is -0.143. The molecule has 0 bridgehead atoms. The van der Waals surface area contributed by atoms with Crippen LogP contribution >= 0.6 is 0 Å². The van der Waals surface area contributed by atoms with Gasteiger partial charge in [0.1, 0.15) is 0 Å². The Kier molecular flexibility index (Phi) is 7.49. The van der Waals surface area contributed by atoms with E-state index < -0.39 is 59.4 Å². The first kappa shape index (κ1) is 29.1. The number of hydrogen-bond donors (Lipinski definition) is 0. The van der Waals surface area contributed by atoms with E-state index in [0.29, 0.717) is 25.0 Å². The van der Waals surface area contributed by atoms with Gasteiger partial charge in [-0.25, -0.2) is 0 Å². The molecule has 0 saturated carbocycles. The van der Waals surface area contributed by atoms with Crippen LogP contribution in [0.4, 0.5) is 51.1 Å². The molecule has 3 aromatic rings. The van der Waals surface area contributed by atoms with Gasteiger partial charge in [0.05, 0.1) is 29.8 Å². The minimum Gasteiger partial charge on any atom is -0.327 e. The summed E-state index contributed by atoms with van der Waals surface area (Å²) in [6.07, 6.45) is -14.2. The Morgan fingerprint density at radius 2 is 1.52 bits per heavy atom. The number of fused-ring (bicyclic) bond motifs is 1. The topological polar surface area (TPSA) is 67.2 Å². The van der Waals surface area contributed by atoms with Crippen LogP contribution in [0.1, 0.15) is 53.6 Å². The highest BCUT2D eigenvalue weighted by Crippen LogP contribution is 2.45. The van der Waals surface area contributed by atoms with Crippen LogP contribution in [0.3, 0.4) is 0 Å². The number of aryl methyl sites for hydroxylation is 1. The molecule has 0 saturated heterocycles. The van der Waals surface area contributed by atoms with E-state index in [1.807, 2.05) is 0 Å². The second-order valence-corrected chi connectivity index (χ2v) is 9.22. The molecule has 4 rings (SSSR count). The summed E-state index contributed by atoms with van der Waals surface area (Å²) >= 11 is 0. The average molecular weight is 580 g/mol. The lowest BCUT2D eigenvalue weighted by atomic mass is 9.87. The molecule has 0 fully saturated rings. The number of rotatable bonds is 6. The Balaban J connectivity index is 1.92. The van der Waals surface area contributed by atoms with Gasteiger partial charge in [-0.2, -0.15) is 44.3 Å². The molecule has 0 unspecified atom stereocenters. The van der Waals surface area contributed by atoms with Crippen molar-refractivity contribution in [2.45, 2.75) is 56.9 Å². The molecule has 7 nitrogen and oxygen atoms in total. The molecule has 1 amide bonds. The normalized spacial score (nSPS) is 18.0. The molecular formula is C24H21F9N6O. The number of carbonyl (C=O) groups is 1. The van der Waals surface area contributed by atoms with Gasteiger partial charge in [0, 0.05) is 18.3 Å². The predicted octanol–water partition coefficient (Wildman–Crippen LogP) is 6.16. The fourth-order valence-electron chi connectivity index (χ4n) is 4.75. The van der Waals surface area contributed by atoms with Crippen LogP contribution in [-0.4, -0.2) is 32.7 Å². The van der Waals surface area contributed by atoms with Crippen LogP contribution in [0.15, 0.2) is 36.4 Å². The Morgan fingerprint density at radius 1 is 0.925 bits per heavy atom. The Labute approximate surface area is 221 Å². The zero-order chi connectivity index (χ0) is 29.6. The number of aromatic nitrogens is 4. The lowest BCUT2D eigenvalue weighted by Crippen LogP contribution is -2.44. The standard InChI is InChI=1S/C24H21F9N6O/c1-3-17-10-20(18-9-14(22(25,26)27)4-5-19(18)39(17)12-40)38(21-34-36-37(2)35-21)11-13-6-15(23(28,29)30)8-16(7-13)24(31,32)33/h4-9,12,17,20H,3,10-11H2,1-2H3/t17-,20+/m1/s1. The number of carbonyl (C=O) groups excluding carboxylic acids is 1. The molecule has 2 aromatic carbocycles.